The average molecular weight is 374 g/mol. The van der Waals surface area contributed by atoms with Crippen molar-refractivity contribution in [3.05, 3.63) is 35.9 Å². The average Bonchev–Trinajstić information content (AvgIpc) is 3.30. The highest BCUT2D eigenvalue weighted by atomic mass is 35.5. The van der Waals surface area contributed by atoms with Crippen molar-refractivity contribution in [2.75, 3.05) is 19.6 Å². The van der Waals surface area contributed by atoms with Gasteiger partial charge in [0.1, 0.15) is 0 Å². The predicted octanol–water partition coefficient (Wildman–Crippen LogP) is 2.77. The molecular formula is C18H29Cl2N3O. The molecule has 1 aliphatic heterocycles. The van der Waals surface area contributed by atoms with Gasteiger partial charge in [0, 0.05) is 25.2 Å². The first-order chi connectivity index (χ1) is 10.6. The number of amides is 1. The Hall–Kier alpha value is -0.810. The number of halogens is 2. The summed E-state index contributed by atoms with van der Waals surface area (Å²) in [7, 11) is 0. The molecule has 24 heavy (non-hydrogen) atoms. The third-order valence-electron chi connectivity index (χ3n) is 5.08. The van der Waals surface area contributed by atoms with E-state index in [4.69, 9.17) is 5.73 Å². The van der Waals surface area contributed by atoms with E-state index >= 15 is 0 Å². The Labute approximate surface area is 157 Å². The Kier molecular flexibility index (Phi) is 8.51. The summed E-state index contributed by atoms with van der Waals surface area (Å²) in [5.41, 5.74) is 7.24. The second-order valence-corrected chi connectivity index (χ2v) is 6.85. The van der Waals surface area contributed by atoms with Crippen molar-refractivity contribution in [1.29, 1.82) is 0 Å². The lowest BCUT2D eigenvalue weighted by molar-refractivity contribution is -0.125. The van der Waals surface area contributed by atoms with Crippen LogP contribution < -0.4 is 11.1 Å². The molecule has 0 bridgehead atoms. The van der Waals surface area contributed by atoms with E-state index in [1.54, 1.807) is 0 Å². The summed E-state index contributed by atoms with van der Waals surface area (Å²) in [4.78, 5) is 14.9. The number of benzene rings is 1. The Morgan fingerprint density at radius 3 is 2.54 bits per heavy atom. The van der Waals surface area contributed by atoms with Crippen molar-refractivity contribution in [1.82, 2.24) is 10.2 Å². The molecule has 1 amide bonds. The van der Waals surface area contributed by atoms with E-state index < -0.39 is 0 Å². The topological polar surface area (TPSA) is 58.4 Å². The predicted molar refractivity (Wildman–Crippen MR) is 103 cm³/mol. The Balaban J connectivity index is 0.00000144. The summed E-state index contributed by atoms with van der Waals surface area (Å²) < 4.78 is 0. The van der Waals surface area contributed by atoms with Crippen LogP contribution in [0.15, 0.2) is 30.3 Å². The lowest BCUT2D eigenvalue weighted by atomic mass is 9.94. The number of hydrogen-bond acceptors (Lipinski definition) is 3. The van der Waals surface area contributed by atoms with Crippen LogP contribution in [0.1, 0.15) is 37.8 Å². The number of nitrogens with two attached hydrogens (primary N) is 1. The van der Waals surface area contributed by atoms with E-state index in [1.165, 1.54) is 25.8 Å². The van der Waals surface area contributed by atoms with E-state index in [1.807, 2.05) is 37.3 Å². The molecule has 1 aliphatic carbocycles. The van der Waals surface area contributed by atoms with E-state index in [9.17, 15) is 4.79 Å². The zero-order chi connectivity index (χ0) is 15.5. The first kappa shape index (κ1) is 21.2. The monoisotopic (exact) mass is 373 g/mol. The SMILES string of the molecule is CC(C(=O)NCC1CCN(C2CC2)C1)C(N)c1ccccc1.Cl.Cl. The smallest absolute Gasteiger partial charge is 0.224 e. The normalized spacial score (nSPS) is 22.8. The second kappa shape index (κ2) is 9.62. The summed E-state index contributed by atoms with van der Waals surface area (Å²) in [6.07, 6.45) is 3.93. The number of carbonyl (C=O) groups excluding carboxylic acids is 1. The van der Waals surface area contributed by atoms with Crippen molar-refractivity contribution in [3.63, 3.8) is 0 Å². The standard InChI is InChI=1S/C18H27N3O.2ClH/c1-13(17(19)15-5-3-2-4-6-15)18(22)20-11-14-9-10-21(12-14)16-7-8-16;;/h2-6,13-14,16-17H,7-12,19H2,1H3,(H,20,22);2*1H. The maximum absolute atomic E-state index is 12.3. The van der Waals surface area contributed by atoms with Crippen LogP contribution >= 0.6 is 24.8 Å². The molecule has 1 saturated carbocycles. The number of hydrogen-bond donors (Lipinski definition) is 2. The minimum absolute atomic E-state index is 0. The molecule has 1 aromatic rings. The minimum atomic E-state index is -0.243. The van der Waals surface area contributed by atoms with Gasteiger partial charge in [0.2, 0.25) is 5.91 Å². The third-order valence-corrected chi connectivity index (χ3v) is 5.08. The van der Waals surface area contributed by atoms with Gasteiger partial charge in [0.25, 0.3) is 0 Å². The van der Waals surface area contributed by atoms with Crippen LogP contribution in [0, 0.1) is 11.8 Å². The van der Waals surface area contributed by atoms with Gasteiger partial charge in [-0.1, -0.05) is 37.3 Å². The lowest BCUT2D eigenvalue weighted by Crippen LogP contribution is -2.38. The first-order valence-corrected chi connectivity index (χ1v) is 8.47. The third kappa shape index (κ3) is 5.35. The molecule has 4 nitrogen and oxygen atoms in total. The minimum Gasteiger partial charge on any atom is -0.355 e. The Morgan fingerprint density at radius 2 is 1.92 bits per heavy atom. The van der Waals surface area contributed by atoms with Crippen LogP contribution in [-0.4, -0.2) is 36.5 Å². The lowest BCUT2D eigenvalue weighted by Gasteiger charge is -2.21. The van der Waals surface area contributed by atoms with Gasteiger partial charge < -0.3 is 16.0 Å². The van der Waals surface area contributed by atoms with Crippen molar-refractivity contribution in [2.24, 2.45) is 17.6 Å². The van der Waals surface area contributed by atoms with Crippen LogP contribution in [0.25, 0.3) is 0 Å². The largest absolute Gasteiger partial charge is 0.355 e. The Bertz CT molecular complexity index is 510. The number of rotatable bonds is 6. The van der Waals surface area contributed by atoms with Crippen LogP contribution in [-0.2, 0) is 4.79 Å². The zero-order valence-corrected chi connectivity index (χ0v) is 15.8. The highest BCUT2D eigenvalue weighted by Crippen LogP contribution is 2.31. The fourth-order valence-corrected chi connectivity index (χ4v) is 3.33. The quantitative estimate of drug-likeness (QED) is 0.805. The maximum atomic E-state index is 12.3. The van der Waals surface area contributed by atoms with E-state index in [0.29, 0.717) is 5.92 Å². The molecule has 136 valence electrons. The van der Waals surface area contributed by atoms with Crippen LogP contribution in [0.5, 0.6) is 0 Å². The molecule has 2 aliphatic rings. The van der Waals surface area contributed by atoms with Crippen molar-refractivity contribution < 1.29 is 4.79 Å². The molecule has 1 saturated heterocycles. The fourth-order valence-electron chi connectivity index (χ4n) is 3.33. The molecule has 1 aromatic carbocycles. The van der Waals surface area contributed by atoms with Gasteiger partial charge in [-0.15, -0.1) is 24.8 Å². The molecular weight excluding hydrogens is 345 g/mol. The van der Waals surface area contributed by atoms with Crippen molar-refractivity contribution in [2.45, 2.75) is 38.3 Å². The molecule has 0 spiro atoms. The van der Waals surface area contributed by atoms with E-state index in [0.717, 1.165) is 24.7 Å². The number of likely N-dealkylation sites (tertiary alicyclic amines) is 1. The molecule has 0 aromatic heterocycles. The van der Waals surface area contributed by atoms with Gasteiger partial charge in [-0.3, -0.25) is 4.79 Å². The molecule has 3 atom stereocenters. The summed E-state index contributed by atoms with van der Waals surface area (Å²) in [6.45, 7) is 5.04. The summed E-state index contributed by atoms with van der Waals surface area (Å²) >= 11 is 0. The molecule has 6 heteroatoms. The molecule has 3 rings (SSSR count). The second-order valence-electron chi connectivity index (χ2n) is 6.85. The molecule has 0 radical (unpaired) electrons. The molecule has 3 N–H and O–H groups in total. The van der Waals surface area contributed by atoms with E-state index in [-0.39, 0.29) is 42.7 Å². The summed E-state index contributed by atoms with van der Waals surface area (Å²) in [5, 5.41) is 3.11. The number of nitrogens with zero attached hydrogens (tertiary/aromatic N) is 1. The summed E-state index contributed by atoms with van der Waals surface area (Å²) in [5.74, 6) is 0.467. The van der Waals surface area contributed by atoms with Gasteiger partial charge in [-0.25, -0.2) is 0 Å². The van der Waals surface area contributed by atoms with Gasteiger partial charge >= 0.3 is 0 Å². The maximum Gasteiger partial charge on any atom is 0.224 e. The highest BCUT2D eigenvalue weighted by Gasteiger charge is 2.34. The molecule has 3 unspecified atom stereocenters. The van der Waals surface area contributed by atoms with Crippen molar-refractivity contribution in [3.8, 4) is 0 Å². The van der Waals surface area contributed by atoms with Gasteiger partial charge in [-0.05, 0) is 37.3 Å². The first-order valence-electron chi connectivity index (χ1n) is 8.47. The van der Waals surface area contributed by atoms with Crippen LogP contribution in [0.2, 0.25) is 0 Å². The number of nitrogens with one attached hydrogen (secondary N) is 1. The fraction of sp³-hybridized carbons (Fsp3) is 0.611. The van der Waals surface area contributed by atoms with Crippen LogP contribution in [0.3, 0.4) is 0 Å². The highest BCUT2D eigenvalue weighted by molar-refractivity contribution is 5.85. The van der Waals surface area contributed by atoms with Gasteiger partial charge in [0.15, 0.2) is 0 Å². The Morgan fingerprint density at radius 1 is 1.25 bits per heavy atom. The zero-order valence-electron chi connectivity index (χ0n) is 14.2. The van der Waals surface area contributed by atoms with Crippen molar-refractivity contribution >= 4 is 30.7 Å². The van der Waals surface area contributed by atoms with E-state index in [2.05, 4.69) is 10.2 Å². The van der Waals surface area contributed by atoms with Gasteiger partial charge in [-0.2, -0.15) is 0 Å². The number of carbonyl (C=O) groups is 1. The van der Waals surface area contributed by atoms with Gasteiger partial charge in [0.05, 0.1) is 5.92 Å². The van der Waals surface area contributed by atoms with Crippen LogP contribution in [0.4, 0.5) is 0 Å². The molecule has 2 fully saturated rings. The summed E-state index contributed by atoms with van der Waals surface area (Å²) in [6, 6.07) is 10.5. The molecule has 1 heterocycles.